The Morgan fingerprint density at radius 1 is 1.38 bits per heavy atom. The highest BCUT2D eigenvalue weighted by molar-refractivity contribution is 9.11. The van der Waals surface area contributed by atoms with Gasteiger partial charge in [-0.25, -0.2) is 0 Å². The average Bonchev–Trinajstić information content (AvgIpc) is 2.27. The van der Waals surface area contributed by atoms with Crippen molar-refractivity contribution < 1.29 is 4.79 Å². The van der Waals surface area contributed by atoms with Crippen LogP contribution in [0.4, 0.5) is 0 Å². The van der Waals surface area contributed by atoms with Crippen LogP contribution >= 0.6 is 15.9 Å². The highest BCUT2D eigenvalue weighted by Gasteiger charge is 2.04. The molecule has 0 saturated carbocycles. The molecular formula is C12H15BrN2O. The fraction of sp³-hybridized carbons (Fsp3) is 0.250. The van der Waals surface area contributed by atoms with Crippen LogP contribution in [0.3, 0.4) is 0 Å². The smallest absolute Gasteiger partial charge is 0.251 e. The van der Waals surface area contributed by atoms with Crippen LogP contribution in [0.1, 0.15) is 15.9 Å². The third-order valence-electron chi connectivity index (χ3n) is 2.09. The molecule has 1 amide bonds. The van der Waals surface area contributed by atoms with E-state index >= 15 is 0 Å². The van der Waals surface area contributed by atoms with Gasteiger partial charge >= 0.3 is 0 Å². The van der Waals surface area contributed by atoms with Gasteiger partial charge in [0.05, 0.1) is 0 Å². The van der Waals surface area contributed by atoms with E-state index < -0.39 is 0 Å². The van der Waals surface area contributed by atoms with Crippen molar-refractivity contribution in [2.24, 2.45) is 5.73 Å². The van der Waals surface area contributed by atoms with Crippen molar-refractivity contribution in [3.8, 4) is 0 Å². The van der Waals surface area contributed by atoms with E-state index in [0.29, 0.717) is 18.7 Å². The van der Waals surface area contributed by atoms with Crippen LogP contribution in [0, 0.1) is 0 Å². The summed E-state index contributed by atoms with van der Waals surface area (Å²) in [6, 6.07) is 7.45. The van der Waals surface area contributed by atoms with Gasteiger partial charge in [0.1, 0.15) is 0 Å². The Balaban J connectivity index is 2.59. The highest BCUT2D eigenvalue weighted by Crippen LogP contribution is 2.05. The first-order valence-electron chi connectivity index (χ1n) is 5.04. The fourth-order valence-corrected chi connectivity index (χ4v) is 1.41. The van der Waals surface area contributed by atoms with Gasteiger partial charge in [-0.15, -0.1) is 0 Å². The van der Waals surface area contributed by atoms with Gasteiger partial charge in [0.15, 0.2) is 0 Å². The van der Waals surface area contributed by atoms with Gasteiger partial charge in [-0.05, 0) is 30.7 Å². The van der Waals surface area contributed by atoms with Crippen molar-refractivity contribution in [1.29, 1.82) is 0 Å². The Morgan fingerprint density at radius 2 is 2.00 bits per heavy atom. The number of hydrogen-bond acceptors (Lipinski definition) is 2. The second-order valence-corrected chi connectivity index (χ2v) is 4.56. The topological polar surface area (TPSA) is 55.1 Å². The molecule has 0 atom stereocenters. The summed E-state index contributed by atoms with van der Waals surface area (Å²) < 4.78 is 0.751. The molecule has 0 bridgehead atoms. The molecule has 0 unspecified atom stereocenters. The van der Waals surface area contributed by atoms with Crippen LogP contribution in [-0.2, 0) is 6.42 Å². The van der Waals surface area contributed by atoms with Crippen LogP contribution in [-0.4, -0.2) is 19.0 Å². The van der Waals surface area contributed by atoms with Crippen LogP contribution in [0.25, 0.3) is 0 Å². The second kappa shape index (κ2) is 6.45. The van der Waals surface area contributed by atoms with E-state index in [1.165, 1.54) is 0 Å². The molecule has 1 aromatic rings. The van der Waals surface area contributed by atoms with Crippen LogP contribution in [0.5, 0.6) is 0 Å². The quantitative estimate of drug-likeness (QED) is 0.866. The summed E-state index contributed by atoms with van der Waals surface area (Å²) in [7, 11) is 0. The molecule has 0 radical (unpaired) electrons. The second-order valence-electron chi connectivity index (χ2n) is 3.44. The van der Waals surface area contributed by atoms with Gasteiger partial charge < -0.3 is 11.1 Å². The molecular weight excluding hydrogens is 268 g/mol. The number of carbonyl (C=O) groups is 1. The fourth-order valence-electron chi connectivity index (χ4n) is 1.27. The van der Waals surface area contributed by atoms with E-state index in [1.807, 2.05) is 12.1 Å². The number of nitrogens with one attached hydrogen (secondary N) is 1. The maximum Gasteiger partial charge on any atom is 0.251 e. The molecule has 1 rings (SSSR count). The number of carbonyl (C=O) groups excluding carboxylic acids is 1. The van der Waals surface area contributed by atoms with Crippen molar-refractivity contribution in [2.75, 3.05) is 13.1 Å². The number of amides is 1. The first kappa shape index (κ1) is 12.9. The van der Waals surface area contributed by atoms with Crippen molar-refractivity contribution in [3.63, 3.8) is 0 Å². The van der Waals surface area contributed by atoms with Crippen molar-refractivity contribution in [2.45, 2.75) is 6.42 Å². The summed E-state index contributed by atoms with van der Waals surface area (Å²) in [6.07, 6.45) is 0.833. The largest absolute Gasteiger partial charge is 0.347 e. The normalized spacial score (nSPS) is 9.88. The summed E-state index contributed by atoms with van der Waals surface area (Å²) in [6.45, 7) is 4.70. The maximum atomic E-state index is 11.6. The predicted molar refractivity (Wildman–Crippen MR) is 69.6 cm³/mol. The van der Waals surface area contributed by atoms with E-state index in [4.69, 9.17) is 5.73 Å². The average molecular weight is 283 g/mol. The Labute approximate surface area is 104 Å². The van der Waals surface area contributed by atoms with Crippen molar-refractivity contribution in [1.82, 2.24) is 5.32 Å². The number of rotatable bonds is 5. The van der Waals surface area contributed by atoms with Gasteiger partial charge in [0.25, 0.3) is 5.91 Å². The molecule has 4 heteroatoms. The lowest BCUT2D eigenvalue weighted by molar-refractivity contribution is 0.0958. The van der Waals surface area contributed by atoms with E-state index in [1.54, 1.807) is 12.1 Å². The molecule has 0 aromatic heterocycles. The molecule has 0 aliphatic heterocycles. The molecule has 0 aliphatic rings. The molecule has 0 fully saturated rings. The molecule has 1 aromatic carbocycles. The standard InChI is InChI=1S/C12H15BrN2O/c1-9(13)8-15-12(16)11-4-2-10(3-5-11)6-7-14/h2-5H,1,6-8,14H2,(H,15,16). The summed E-state index contributed by atoms with van der Waals surface area (Å²) in [5, 5.41) is 2.74. The number of halogens is 1. The minimum Gasteiger partial charge on any atom is -0.347 e. The molecule has 3 nitrogen and oxygen atoms in total. The van der Waals surface area contributed by atoms with Gasteiger partial charge in [0.2, 0.25) is 0 Å². The summed E-state index contributed by atoms with van der Waals surface area (Å²) in [4.78, 5) is 11.6. The number of nitrogens with two attached hydrogens (primary N) is 1. The molecule has 0 aliphatic carbocycles. The lowest BCUT2D eigenvalue weighted by atomic mass is 10.1. The minimum atomic E-state index is -0.0973. The summed E-state index contributed by atoms with van der Waals surface area (Å²) >= 11 is 3.18. The van der Waals surface area contributed by atoms with Gasteiger partial charge in [-0.3, -0.25) is 4.79 Å². The van der Waals surface area contributed by atoms with Gasteiger partial charge in [-0.2, -0.15) is 0 Å². The minimum absolute atomic E-state index is 0.0973. The Kier molecular flexibility index (Phi) is 5.22. The lowest BCUT2D eigenvalue weighted by Gasteiger charge is -2.05. The SMILES string of the molecule is C=C(Br)CNC(=O)c1ccc(CCN)cc1. The maximum absolute atomic E-state index is 11.6. The molecule has 16 heavy (non-hydrogen) atoms. The van der Waals surface area contributed by atoms with E-state index in [9.17, 15) is 4.79 Å². The predicted octanol–water partition coefficient (Wildman–Crippen LogP) is 1.83. The van der Waals surface area contributed by atoms with Gasteiger partial charge in [-0.1, -0.05) is 34.6 Å². The lowest BCUT2D eigenvalue weighted by Crippen LogP contribution is -2.24. The molecule has 0 saturated heterocycles. The molecule has 0 spiro atoms. The third-order valence-corrected chi connectivity index (χ3v) is 2.37. The zero-order valence-electron chi connectivity index (χ0n) is 9.00. The van der Waals surface area contributed by atoms with Crippen molar-refractivity contribution in [3.05, 3.63) is 46.5 Å². The zero-order valence-corrected chi connectivity index (χ0v) is 10.6. The van der Waals surface area contributed by atoms with E-state index in [2.05, 4.69) is 27.8 Å². The van der Waals surface area contributed by atoms with Gasteiger partial charge in [0, 0.05) is 16.6 Å². The zero-order chi connectivity index (χ0) is 12.0. The Hall–Kier alpha value is -1.13. The number of hydrogen-bond donors (Lipinski definition) is 2. The highest BCUT2D eigenvalue weighted by atomic mass is 79.9. The molecule has 3 N–H and O–H groups in total. The Morgan fingerprint density at radius 3 is 2.50 bits per heavy atom. The van der Waals surface area contributed by atoms with Crippen LogP contribution < -0.4 is 11.1 Å². The summed E-state index contributed by atoms with van der Waals surface area (Å²) in [5.74, 6) is -0.0973. The van der Waals surface area contributed by atoms with Crippen LogP contribution in [0.15, 0.2) is 35.3 Å². The summed E-state index contributed by atoms with van der Waals surface area (Å²) in [5.41, 5.74) is 7.24. The van der Waals surface area contributed by atoms with E-state index in [0.717, 1.165) is 16.5 Å². The van der Waals surface area contributed by atoms with Crippen LogP contribution in [0.2, 0.25) is 0 Å². The Bertz CT molecular complexity index is 373. The number of benzene rings is 1. The first-order valence-corrected chi connectivity index (χ1v) is 5.83. The molecule has 86 valence electrons. The van der Waals surface area contributed by atoms with E-state index in [-0.39, 0.29) is 5.91 Å². The third kappa shape index (κ3) is 4.16. The first-order chi connectivity index (χ1) is 7.63. The van der Waals surface area contributed by atoms with Crippen molar-refractivity contribution >= 4 is 21.8 Å². The molecule has 0 heterocycles. The monoisotopic (exact) mass is 282 g/mol.